The number of aliphatic hydroxyl groups excluding tert-OH is 1. The molecule has 0 fully saturated rings. The van der Waals surface area contributed by atoms with Crippen LogP contribution in [0, 0.1) is 0 Å². The van der Waals surface area contributed by atoms with Gasteiger partial charge in [0.25, 0.3) is 0 Å². The highest BCUT2D eigenvalue weighted by molar-refractivity contribution is 5.81. The minimum atomic E-state index is -0.651. The van der Waals surface area contributed by atoms with E-state index >= 15 is 0 Å². The predicted molar refractivity (Wildman–Crippen MR) is 129 cm³/mol. The van der Waals surface area contributed by atoms with Gasteiger partial charge in [-0.1, -0.05) is 123 Å². The van der Waals surface area contributed by atoms with Crippen LogP contribution in [-0.2, 0) is 14.3 Å². The lowest BCUT2D eigenvalue weighted by atomic mass is 10.0. The van der Waals surface area contributed by atoms with Crippen LogP contribution in [0.15, 0.2) is 12.7 Å². The Morgan fingerprint density at radius 1 is 0.710 bits per heavy atom. The van der Waals surface area contributed by atoms with E-state index in [1.165, 1.54) is 103 Å². The fraction of sp³-hybridized carbons (Fsp3) is 0.846. The smallest absolute Gasteiger partial charge is 0.330 e. The standard InChI is InChI=1S/C21H42O2.C5H8O3/c1-2-3-4-5-6-7-8-9-10-11-12-13-14-15-16-17-18-19-20-21(22)23;1-2-5(7)8-4-3-6/h2-20H2,1H3,(H,22,23);2,6H,1,3-4H2. The lowest BCUT2D eigenvalue weighted by Crippen LogP contribution is -2.04. The number of aliphatic carboxylic acids is 1. The molecule has 31 heavy (non-hydrogen) atoms. The van der Waals surface area contributed by atoms with Crippen LogP contribution in [0.25, 0.3) is 0 Å². The Kier molecular flexibility index (Phi) is 29.4. The average Bonchev–Trinajstić information content (AvgIpc) is 2.76. The number of carboxylic acids is 1. The normalized spacial score (nSPS) is 10.3. The molecular formula is C26H50O5. The van der Waals surface area contributed by atoms with Crippen LogP contribution >= 0.6 is 0 Å². The number of ether oxygens (including phenoxy) is 1. The monoisotopic (exact) mass is 442 g/mol. The Labute approximate surface area is 191 Å². The average molecular weight is 443 g/mol. The number of rotatable bonds is 22. The fourth-order valence-electron chi connectivity index (χ4n) is 3.38. The van der Waals surface area contributed by atoms with E-state index in [0.29, 0.717) is 6.42 Å². The van der Waals surface area contributed by atoms with Gasteiger partial charge in [-0.05, 0) is 6.42 Å². The number of esters is 1. The minimum Gasteiger partial charge on any atom is -0.481 e. The first kappa shape index (κ1) is 31.8. The summed E-state index contributed by atoms with van der Waals surface area (Å²) in [6, 6.07) is 0. The lowest BCUT2D eigenvalue weighted by Gasteiger charge is -2.03. The highest BCUT2D eigenvalue weighted by Crippen LogP contribution is 2.14. The van der Waals surface area contributed by atoms with Crippen molar-refractivity contribution in [3.05, 3.63) is 12.7 Å². The Hall–Kier alpha value is -1.36. The number of carbonyl (C=O) groups is 2. The van der Waals surface area contributed by atoms with Crippen molar-refractivity contribution in [1.82, 2.24) is 0 Å². The van der Waals surface area contributed by atoms with Crippen LogP contribution in [0.1, 0.15) is 129 Å². The van der Waals surface area contributed by atoms with E-state index in [1.807, 2.05) is 0 Å². The zero-order chi connectivity index (χ0) is 23.4. The minimum absolute atomic E-state index is 0.0465. The lowest BCUT2D eigenvalue weighted by molar-refractivity contribution is -0.139. The largest absolute Gasteiger partial charge is 0.481 e. The summed E-state index contributed by atoms with van der Waals surface area (Å²) in [6.45, 7) is 5.34. The van der Waals surface area contributed by atoms with Crippen LogP contribution in [0.4, 0.5) is 0 Å². The number of aliphatic hydroxyl groups is 1. The third kappa shape index (κ3) is 33.5. The van der Waals surface area contributed by atoms with Crippen molar-refractivity contribution in [2.24, 2.45) is 0 Å². The number of carboxylic acid groups (broad SMARTS) is 1. The van der Waals surface area contributed by atoms with Crippen molar-refractivity contribution in [1.29, 1.82) is 0 Å². The van der Waals surface area contributed by atoms with Gasteiger partial charge in [-0.2, -0.15) is 0 Å². The van der Waals surface area contributed by atoms with Crippen LogP contribution in [0.3, 0.4) is 0 Å². The van der Waals surface area contributed by atoms with Gasteiger partial charge < -0.3 is 14.9 Å². The molecule has 0 amide bonds. The van der Waals surface area contributed by atoms with Gasteiger partial charge in [-0.15, -0.1) is 0 Å². The van der Waals surface area contributed by atoms with Crippen LogP contribution in [0.5, 0.6) is 0 Å². The highest BCUT2D eigenvalue weighted by Gasteiger charge is 1.97. The van der Waals surface area contributed by atoms with Crippen molar-refractivity contribution < 1.29 is 24.5 Å². The summed E-state index contributed by atoms with van der Waals surface area (Å²) in [4.78, 5) is 20.5. The third-order valence-electron chi connectivity index (χ3n) is 5.25. The van der Waals surface area contributed by atoms with Crippen molar-refractivity contribution >= 4 is 11.9 Å². The molecule has 0 unspecified atom stereocenters. The van der Waals surface area contributed by atoms with Gasteiger partial charge in [0.2, 0.25) is 0 Å². The van der Waals surface area contributed by atoms with E-state index in [-0.39, 0.29) is 13.2 Å². The molecule has 0 bridgehead atoms. The second kappa shape index (κ2) is 28.6. The van der Waals surface area contributed by atoms with Crippen LogP contribution in [-0.4, -0.2) is 35.4 Å². The first-order valence-electron chi connectivity index (χ1n) is 12.7. The second-order valence-corrected chi connectivity index (χ2v) is 8.25. The van der Waals surface area contributed by atoms with E-state index < -0.39 is 11.9 Å². The molecular weight excluding hydrogens is 392 g/mol. The molecule has 0 saturated carbocycles. The topological polar surface area (TPSA) is 83.8 Å². The third-order valence-corrected chi connectivity index (χ3v) is 5.25. The van der Waals surface area contributed by atoms with Crippen molar-refractivity contribution in [2.75, 3.05) is 13.2 Å². The Balaban J connectivity index is 0. The van der Waals surface area contributed by atoms with Gasteiger partial charge in [0.1, 0.15) is 6.61 Å². The molecule has 0 spiro atoms. The van der Waals surface area contributed by atoms with Crippen LogP contribution < -0.4 is 0 Å². The van der Waals surface area contributed by atoms with Gasteiger partial charge >= 0.3 is 11.9 Å². The summed E-state index contributed by atoms with van der Waals surface area (Å²) in [5.74, 6) is -1.15. The molecule has 5 nitrogen and oxygen atoms in total. The van der Waals surface area contributed by atoms with E-state index in [0.717, 1.165) is 18.9 Å². The van der Waals surface area contributed by atoms with Gasteiger partial charge in [0.05, 0.1) is 6.61 Å². The molecule has 184 valence electrons. The van der Waals surface area contributed by atoms with Crippen LogP contribution in [0.2, 0.25) is 0 Å². The molecule has 0 rings (SSSR count). The maximum absolute atomic E-state index is 10.4. The molecule has 0 radical (unpaired) electrons. The highest BCUT2D eigenvalue weighted by atomic mass is 16.5. The molecule has 0 aromatic heterocycles. The van der Waals surface area contributed by atoms with Gasteiger partial charge in [0, 0.05) is 12.5 Å². The van der Waals surface area contributed by atoms with E-state index in [9.17, 15) is 9.59 Å². The Morgan fingerprint density at radius 2 is 1.06 bits per heavy atom. The molecule has 0 aliphatic carbocycles. The summed E-state index contributed by atoms with van der Waals surface area (Å²) in [5, 5.41) is 16.6. The van der Waals surface area contributed by atoms with Gasteiger partial charge in [0.15, 0.2) is 0 Å². The predicted octanol–water partition coefficient (Wildman–Crippen LogP) is 7.21. The summed E-state index contributed by atoms with van der Waals surface area (Å²) in [7, 11) is 0. The molecule has 0 atom stereocenters. The van der Waals surface area contributed by atoms with E-state index in [4.69, 9.17) is 10.2 Å². The molecule has 5 heteroatoms. The number of hydrogen-bond acceptors (Lipinski definition) is 4. The maximum atomic E-state index is 10.4. The van der Waals surface area contributed by atoms with Crippen molar-refractivity contribution in [3.8, 4) is 0 Å². The number of hydrogen-bond donors (Lipinski definition) is 2. The molecule has 0 aromatic carbocycles. The van der Waals surface area contributed by atoms with Gasteiger partial charge in [-0.25, -0.2) is 4.79 Å². The Bertz CT molecular complexity index is 395. The maximum Gasteiger partial charge on any atom is 0.330 e. The number of unbranched alkanes of at least 4 members (excludes halogenated alkanes) is 17. The Morgan fingerprint density at radius 3 is 1.35 bits per heavy atom. The first-order valence-corrected chi connectivity index (χ1v) is 12.7. The second-order valence-electron chi connectivity index (χ2n) is 8.25. The molecule has 0 aromatic rings. The summed E-state index contributed by atoms with van der Waals surface area (Å²) >= 11 is 0. The SMILES string of the molecule is C=CC(=O)OCCO.CCCCCCCCCCCCCCCCCCCCC(=O)O. The van der Waals surface area contributed by atoms with Crippen molar-refractivity contribution in [2.45, 2.75) is 129 Å². The fourth-order valence-corrected chi connectivity index (χ4v) is 3.38. The summed E-state index contributed by atoms with van der Waals surface area (Å²) < 4.78 is 4.33. The zero-order valence-electron chi connectivity index (χ0n) is 20.3. The van der Waals surface area contributed by atoms with E-state index in [1.54, 1.807) is 0 Å². The first-order chi connectivity index (χ1) is 15.1. The van der Waals surface area contributed by atoms with E-state index in [2.05, 4.69) is 18.2 Å². The quantitative estimate of drug-likeness (QED) is 0.105. The number of carbonyl (C=O) groups excluding carboxylic acids is 1. The molecule has 2 N–H and O–H groups in total. The molecule has 0 aliphatic heterocycles. The van der Waals surface area contributed by atoms with Gasteiger partial charge in [-0.3, -0.25) is 4.79 Å². The zero-order valence-corrected chi connectivity index (χ0v) is 20.3. The molecule has 0 saturated heterocycles. The summed E-state index contributed by atoms with van der Waals surface area (Å²) in [6.07, 6.45) is 25.7. The van der Waals surface area contributed by atoms with Crippen molar-refractivity contribution in [3.63, 3.8) is 0 Å². The molecule has 0 aliphatic rings. The summed E-state index contributed by atoms with van der Waals surface area (Å²) in [5.41, 5.74) is 0. The molecule has 0 heterocycles.